The summed E-state index contributed by atoms with van der Waals surface area (Å²) in [7, 11) is 0. The van der Waals surface area contributed by atoms with E-state index in [1.807, 2.05) is 30.3 Å². The average molecular weight is 274 g/mol. The highest BCUT2D eigenvalue weighted by molar-refractivity contribution is 5.72. The minimum absolute atomic E-state index is 0.361. The van der Waals surface area contributed by atoms with Gasteiger partial charge in [-0.2, -0.15) is 4.98 Å². The van der Waals surface area contributed by atoms with Gasteiger partial charge in [0, 0.05) is 6.42 Å². The number of carboxylic acids is 1. The summed E-state index contributed by atoms with van der Waals surface area (Å²) in [6.45, 7) is 0. The fourth-order valence-corrected chi connectivity index (χ4v) is 2.25. The summed E-state index contributed by atoms with van der Waals surface area (Å²) >= 11 is 0. The smallest absolute Gasteiger partial charge is 0.332 e. The van der Waals surface area contributed by atoms with Crippen LogP contribution in [0.1, 0.15) is 36.2 Å². The summed E-state index contributed by atoms with van der Waals surface area (Å²) in [5.74, 6) is -0.00946. The van der Waals surface area contributed by atoms with Gasteiger partial charge in [0.15, 0.2) is 11.9 Å². The van der Waals surface area contributed by atoms with Crippen LogP contribution in [0, 0.1) is 0 Å². The molecule has 0 saturated carbocycles. The Bertz CT molecular complexity index is 596. The van der Waals surface area contributed by atoms with E-state index >= 15 is 0 Å². The van der Waals surface area contributed by atoms with Crippen molar-refractivity contribution in [2.75, 3.05) is 0 Å². The molecule has 2 aromatic rings. The highest BCUT2D eigenvalue weighted by Crippen LogP contribution is 2.31. The van der Waals surface area contributed by atoms with Gasteiger partial charge in [0.2, 0.25) is 0 Å². The Morgan fingerprint density at radius 1 is 1.30 bits per heavy atom. The SMILES string of the molecule is O=C(O)C1CCC(c2nc(Cc3ccccc3)no2)O1. The molecule has 6 heteroatoms. The first kappa shape index (κ1) is 12.8. The highest BCUT2D eigenvalue weighted by atomic mass is 16.5. The van der Waals surface area contributed by atoms with Gasteiger partial charge < -0.3 is 14.4 Å². The molecular formula is C14H14N2O4. The van der Waals surface area contributed by atoms with E-state index in [1.54, 1.807) is 0 Å². The molecule has 2 atom stereocenters. The lowest BCUT2D eigenvalue weighted by Gasteiger charge is -2.05. The third kappa shape index (κ3) is 2.70. The van der Waals surface area contributed by atoms with Crippen LogP contribution in [0.15, 0.2) is 34.9 Å². The second-order valence-electron chi connectivity index (χ2n) is 4.74. The number of rotatable bonds is 4. The van der Waals surface area contributed by atoms with Crippen molar-refractivity contribution in [3.63, 3.8) is 0 Å². The Labute approximate surface area is 115 Å². The summed E-state index contributed by atoms with van der Waals surface area (Å²) in [5, 5.41) is 12.8. The third-order valence-corrected chi connectivity index (χ3v) is 3.26. The molecule has 1 saturated heterocycles. The summed E-state index contributed by atoms with van der Waals surface area (Å²) in [4.78, 5) is 15.1. The van der Waals surface area contributed by atoms with Gasteiger partial charge >= 0.3 is 5.97 Å². The lowest BCUT2D eigenvalue weighted by molar-refractivity contribution is -0.150. The number of nitrogens with zero attached hydrogens (tertiary/aromatic N) is 2. The van der Waals surface area contributed by atoms with E-state index < -0.39 is 18.2 Å². The van der Waals surface area contributed by atoms with Crippen LogP contribution in [-0.4, -0.2) is 27.3 Å². The third-order valence-electron chi connectivity index (χ3n) is 3.26. The molecule has 1 aromatic heterocycles. The van der Waals surface area contributed by atoms with Crippen molar-refractivity contribution in [3.05, 3.63) is 47.6 Å². The van der Waals surface area contributed by atoms with Crippen LogP contribution in [-0.2, 0) is 16.0 Å². The molecule has 20 heavy (non-hydrogen) atoms. The second-order valence-corrected chi connectivity index (χ2v) is 4.74. The Balaban J connectivity index is 1.67. The molecule has 1 N–H and O–H groups in total. The van der Waals surface area contributed by atoms with Crippen molar-refractivity contribution in [1.82, 2.24) is 10.1 Å². The van der Waals surface area contributed by atoms with Crippen LogP contribution in [0.25, 0.3) is 0 Å². The number of hydrogen-bond acceptors (Lipinski definition) is 5. The number of aliphatic carboxylic acids is 1. The monoisotopic (exact) mass is 274 g/mol. The topological polar surface area (TPSA) is 85.5 Å². The van der Waals surface area contributed by atoms with E-state index in [0.717, 1.165) is 5.56 Å². The summed E-state index contributed by atoms with van der Waals surface area (Å²) < 4.78 is 10.5. The van der Waals surface area contributed by atoms with Gasteiger partial charge in [0.1, 0.15) is 6.10 Å². The van der Waals surface area contributed by atoms with Crippen molar-refractivity contribution >= 4 is 5.97 Å². The predicted octanol–water partition coefficient (Wildman–Crippen LogP) is 1.97. The molecule has 3 rings (SSSR count). The minimum atomic E-state index is -0.948. The summed E-state index contributed by atoms with van der Waals surface area (Å²) in [5.41, 5.74) is 1.09. The van der Waals surface area contributed by atoms with Gasteiger partial charge in [-0.15, -0.1) is 0 Å². The zero-order valence-electron chi connectivity index (χ0n) is 10.7. The van der Waals surface area contributed by atoms with Gasteiger partial charge in [0.05, 0.1) is 0 Å². The maximum Gasteiger partial charge on any atom is 0.332 e. The van der Waals surface area contributed by atoms with E-state index in [-0.39, 0.29) is 0 Å². The van der Waals surface area contributed by atoms with Crippen molar-refractivity contribution in [2.24, 2.45) is 0 Å². The van der Waals surface area contributed by atoms with Gasteiger partial charge in [-0.1, -0.05) is 35.5 Å². The molecule has 2 unspecified atom stereocenters. The molecule has 1 aliphatic rings. The van der Waals surface area contributed by atoms with Gasteiger partial charge in [0.25, 0.3) is 5.89 Å². The number of benzene rings is 1. The van der Waals surface area contributed by atoms with Gasteiger partial charge in [-0.3, -0.25) is 0 Å². The number of ether oxygens (including phenoxy) is 1. The van der Waals surface area contributed by atoms with Gasteiger partial charge in [-0.05, 0) is 18.4 Å². The first-order valence-corrected chi connectivity index (χ1v) is 6.47. The normalized spacial score (nSPS) is 22.0. The van der Waals surface area contributed by atoms with Crippen molar-refractivity contribution in [2.45, 2.75) is 31.5 Å². The first-order valence-electron chi connectivity index (χ1n) is 6.47. The van der Waals surface area contributed by atoms with E-state index in [4.69, 9.17) is 14.4 Å². The van der Waals surface area contributed by atoms with Crippen molar-refractivity contribution in [1.29, 1.82) is 0 Å². The first-order chi connectivity index (χ1) is 9.72. The standard InChI is InChI=1S/C14H14N2O4/c17-14(18)11-7-6-10(19-11)13-15-12(16-20-13)8-9-4-2-1-3-5-9/h1-5,10-11H,6-8H2,(H,17,18). The van der Waals surface area contributed by atoms with Crippen LogP contribution >= 0.6 is 0 Å². The lowest BCUT2D eigenvalue weighted by Crippen LogP contribution is -2.18. The highest BCUT2D eigenvalue weighted by Gasteiger charge is 2.34. The number of carboxylic acid groups (broad SMARTS) is 1. The molecule has 0 radical (unpaired) electrons. The van der Waals surface area contributed by atoms with Crippen LogP contribution in [0.5, 0.6) is 0 Å². The maximum absolute atomic E-state index is 10.8. The maximum atomic E-state index is 10.8. The molecule has 6 nitrogen and oxygen atoms in total. The number of aromatic nitrogens is 2. The fourth-order valence-electron chi connectivity index (χ4n) is 2.25. The Hall–Kier alpha value is -2.21. The lowest BCUT2D eigenvalue weighted by atomic mass is 10.1. The molecule has 104 valence electrons. The van der Waals surface area contributed by atoms with E-state index in [1.165, 1.54) is 0 Å². The number of hydrogen-bond donors (Lipinski definition) is 1. The molecule has 2 heterocycles. The largest absolute Gasteiger partial charge is 0.479 e. The predicted molar refractivity (Wildman–Crippen MR) is 68.0 cm³/mol. The fraction of sp³-hybridized carbons (Fsp3) is 0.357. The molecule has 0 bridgehead atoms. The Morgan fingerprint density at radius 2 is 2.10 bits per heavy atom. The summed E-state index contributed by atoms with van der Waals surface area (Å²) in [6, 6.07) is 9.83. The molecule has 1 aromatic carbocycles. The molecule has 0 spiro atoms. The van der Waals surface area contributed by atoms with Crippen LogP contribution in [0.4, 0.5) is 0 Å². The zero-order valence-corrected chi connectivity index (χ0v) is 10.7. The number of carbonyl (C=O) groups is 1. The minimum Gasteiger partial charge on any atom is -0.479 e. The molecule has 1 aliphatic heterocycles. The van der Waals surface area contributed by atoms with E-state index in [0.29, 0.717) is 31.0 Å². The van der Waals surface area contributed by atoms with Crippen molar-refractivity contribution < 1.29 is 19.2 Å². The average Bonchev–Trinajstić information content (AvgIpc) is 3.08. The van der Waals surface area contributed by atoms with Crippen LogP contribution in [0.2, 0.25) is 0 Å². The molecular weight excluding hydrogens is 260 g/mol. The van der Waals surface area contributed by atoms with Crippen LogP contribution in [0.3, 0.4) is 0 Å². The quantitative estimate of drug-likeness (QED) is 0.917. The molecule has 0 amide bonds. The van der Waals surface area contributed by atoms with Crippen molar-refractivity contribution in [3.8, 4) is 0 Å². The van der Waals surface area contributed by atoms with Gasteiger partial charge in [-0.25, -0.2) is 4.79 Å². The Kier molecular flexibility index (Phi) is 3.47. The van der Waals surface area contributed by atoms with E-state index in [9.17, 15) is 4.79 Å². The summed E-state index contributed by atoms with van der Waals surface area (Å²) in [6.07, 6.45) is 0.456. The molecule has 0 aliphatic carbocycles. The van der Waals surface area contributed by atoms with Crippen LogP contribution < -0.4 is 0 Å². The van der Waals surface area contributed by atoms with E-state index in [2.05, 4.69) is 10.1 Å². The zero-order chi connectivity index (χ0) is 13.9. The molecule has 1 fully saturated rings. The second kappa shape index (κ2) is 5.42. The Morgan fingerprint density at radius 3 is 2.80 bits per heavy atom.